The van der Waals surface area contributed by atoms with Crippen LogP contribution in [0.2, 0.25) is 0 Å². The van der Waals surface area contributed by atoms with Crippen molar-refractivity contribution in [1.29, 1.82) is 0 Å². The third-order valence-corrected chi connectivity index (χ3v) is 2.55. The van der Waals surface area contributed by atoms with Gasteiger partial charge in [-0.2, -0.15) is 0 Å². The fourth-order valence-corrected chi connectivity index (χ4v) is 1.92. The van der Waals surface area contributed by atoms with Gasteiger partial charge in [0, 0.05) is 30.7 Å². The summed E-state index contributed by atoms with van der Waals surface area (Å²) < 4.78 is 0. The Bertz CT molecular complexity index is 224. The molecule has 0 bridgehead atoms. The molecule has 1 aliphatic heterocycles. The molecule has 0 aromatic rings. The third kappa shape index (κ3) is 3.38. The normalized spacial score (nSPS) is 27.7. The van der Waals surface area contributed by atoms with Gasteiger partial charge in [-0.1, -0.05) is 0 Å². The van der Waals surface area contributed by atoms with E-state index in [1.54, 1.807) is 0 Å². The highest BCUT2D eigenvalue weighted by Gasteiger charge is 2.30. The zero-order chi connectivity index (χ0) is 11.6. The van der Waals surface area contributed by atoms with Crippen molar-refractivity contribution in [3.8, 4) is 0 Å². The fourth-order valence-electron chi connectivity index (χ4n) is 1.92. The Hall–Kier alpha value is -0.770. The molecular weight excluding hydrogens is 190 g/mol. The molecule has 4 heteroatoms. The molecule has 2 amide bonds. The molecule has 0 aromatic carbocycles. The number of rotatable bonds is 0. The Labute approximate surface area is 92.4 Å². The standard InChI is InChI=1S/C11H23N3O/c1-8-6-12-7-9(2)14(8)10(15)13-11(3,4)5/h8-9,12H,6-7H2,1-5H3,(H,13,15). The van der Waals surface area contributed by atoms with E-state index in [0.29, 0.717) is 0 Å². The maximum Gasteiger partial charge on any atom is 0.318 e. The van der Waals surface area contributed by atoms with E-state index in [1.807, 2.05) is 25.7 Å². The van der Waals surface area contributed by atoms with Crippen molar-refractivity contribution in [3.63, 3.8) is 0 Å². The van der Waals surface area contributed by atoms with Crippen molar-refractivity contribution < 1.29 is 4.79 Å². The van der Waals surface area contributed by atoms with Crippen LogP contribution in [-0.2, 0) is 0 Å². The second kappa shape index (κ2) is 4.39. The predicted molar refractivity (Wildman–Crippen MR) is 61.9 cm³/mol. The summed E-state index contributed by atoms with van der Waals surface area (Å²) in [6, 6.07) is 0.566. The zero-order valence-corrected chi connectivity index (χ0v) is 10.4. The lowest BCUT2D eigenvalue weighted by Gasteiger charge is -2.40. The van der Waals surface area contributed by atoms with Crippen LogP contribution >= 0.6 is 0 Å². The van der Waals surface area contributed by atoms with Crippen LogP contribution in [0.5, 0.6) is 0 Å². The Morgan fingerprint density at radius 1 is 1.27 bits per heavy atom. The molecule has 0 saturated carbocycles. The summed E-state index contributed by atoms with van der Waals surface area (Å²) >= 11 is 0. The van der Waals surface area contributed by atoms with Crippen LogP contribution in [0.1, 0.15) is 34.6 Å². The Kier molecular flexibility index (Phi) is 3.60. The molecule has 0 spiro atoms. The maximum absolute atomic E-state index is 12.0. The van der Waals surface area contributed by atoms with Crippen molar-refractivity contribution in [2.24, 2.45) is 0 Å². The highest BCUT2D eigenvalue weighted by atomic mass is 16.2. The first-order valence-corrected chi connectivity index (χ1v) is 5.62. The molecule has 0 aromatic heterocycles. The average molecular weight is 213 g/mol. The van der Waals surface area contributed by atoms with E-state index in [2.05, 4.69) is 24.5 Å². The predicted octanol–water partition coefficient (Wildman–Crippen LogP) is 1.18. The zero-order valence-electron chi connectivity index (χ0n) is 10.4. The van der Waals surface area contributed by atoms with Gasteiger partial charge in [-0.3, -0.25) is 0 Å². The van der Waals surface area contributed by atoms with Gasteiger partial charge >= 0.3 is 6.03 Å². The summed E-state index contributed by atoms with van der Waals surface area (Å²) in [7, 11) is 0. The van der Waals surface area contributed by atoms with Gasteiger partial charge < -0.3 is 15.5 Å². The van der Waals surface area contributed by atoms with Crippen molar-refractivity contribution in [2.75, 3.05) is 13.1 Å². The second-order valence-electron chi connectivity index (χ2n) is 5.44. The van der Waals surface area contributed by atoms with E-state index in [1.165, 1.54) is 0 Å². The van der Waals surface area contributed by atoms with Crippen LogP contribution in [0.4, 0.5) is 4.79 Å². The number of carbonyl (C=O) groups is 1. The summed E-state index contributed by atoms with van der Waals surface area (Å²) in [4.78, 5) is 14.0. The molecule has 2 N–H and O–H groups in total. The summed E-state index contributed by atoms with van der Waals surface area (Å²) in [5.74, 6) is 0. The topological polar surface area (TPSA) is 44.4 Å². The molecule has 4 nitrogen and oxygen atoms in total. The average Bonchev–Trinajstić information content (AvgIpc) is 1.99. The van der Waals surface area contributed by atoms with Crippen molar-refractivity contribution in [1.82, 2.24) is 15.5 Å². The second-order valence-corrected chi connectivity index (χ2v) is 5.44. The van der Waals surface area contributed by atoms with Gasteiger partial charge in [-0.15, -0.1) is 0 Å². The molecule has 1 aliphatic rings. The van der Waals surface area contributed by atoms with Crippen molar-refractivity contribution in [2.45, 2.75) is 52.2 Å². The van der Waals surface area contributed by atoms with Gasteiger partial charge in [0.25, 0.3) is 0 Å². The molecule has 1 heterocycles. The summed E-state index contributed by atoms with van der Waals surface area (Å²) in [6.45, 7) is 11.9. The maximum atomic E-state index is 12.0. The molecule has 0 radical (unpaired) electrons. The van der Waals surface area contributed by atoms with Crippen LogP contribution in [-0.4, -0.2) is 41.6 Å². The van der Waals surface area contributed by atoms with Gasteiger partial charge in [-0.05, 0) is 34.6 Å². The van der Waals surface area contributed by atoms with Gasteiger partial charge in [-0.25, -0.2) is 4.79 Å². The first-order valence-electron chi connectivity index (χ1n) is 5.62. The van der Waals surface area contributed by atoms with Crippen molar-refractivity contribution >= 4 is 6.03 Å². The number of nitrogens with zero attached hydrogens (tertiary/aromatic N) is 1. The fraction of sp³-hybridized carbons (Fsp3) is 0.909. The molecule has 15 heavy (non-hydrogen) atoms. The van der Waals surface area contributed by atoms with Crippen LogP contribution in [0.25, 0.3) is 0 Å². The van der Waals surface area contributed by atoms with E-state index in [-0.39, 0.29) is 23.7 Å². The van der Waals surface area contributed by atoms with Gasteiger partial charge in [0.1, 0.15) is 0 Å². The highest BCUT2D eigenvalue weighted by Crippen LogP contribution is 2.11. The lowest BCUT2D eigenvalue weighted by atomic mass is 10.1. The molecule has 1 saturated heterocycles. The number of hydrogen-bond acceptors (Lipinski definition) is 2. The van der Waals surface area contributed by atoms with Gasteiger partial charge in [0.05, 0.1) is 0 Å². The molecule has 1 rings (SSSR count). The Morgan fingerprint density at radius 3 is 2.13 bits per heavy atom. The molecule has 2 unspecified atom stereocenters. The largest absolute Gasteiger partial charge is 0.333 e. The summed E-state index contributed by atoms with van der Waals surface area (Å²) in [5.41, 5.74) is -0.165. The van der Waals surface area contributed by atoms with Crippen LogP contribution in [0.15, 0.2) is 0 Å². The van der Waals surface area contributed by atoms with Crippen LogP contribution in [0.3, 0.4) is 0 Å². The van der Waals surface area contributed by atoms with Crippen LogP contribution in [0, 0.1) is 0 Å². The van der Waals surface area contributed by atoms with Crippen molar-refractivity contribution in [3.05, 3.63) is 0 Å². The lowest BCUT2D eigenvalue weighted by Crippen LogP contribution is -2.61. The molecule has 1 fully saturated rings. The number of amides is 2. The minimum Gasteiger partial charge on any atom is -0.333 e. The Morgan fingerprint density at radius 2 is 1.73 bits per heavy atom. The minimum absolute atomic E-state index is 0.0454. The number of carbonyl (C=O) groups excluding carboxylic acids is 1. The molecule has 2 atom stereocenters. The lowest BCUT2D eigenvalue weighted by molar-refractivity contribution is 0.126. The molecule has 0 aliphatic carbocycles. The molecular formula is C11H23N3O. The van der Waals surface area contributed by atoms with E-state index in [4.69, 9.17) is 0 Å². The van der Waals surface area contributed by atoms with Gasteiger partial charge in [0.15, 0.2) is 0 Å². The number of piperazine rings is 1. The van der Waals surface area contributed by atoms with Gasteiger partial charge in [0.2, 0.25) is 0 Å². The number of urea groups is 1. The number of hydrogen-bond donors (Lipinski definition) is 2. The van der Waals surface area contributed by atoms with E-state index in [0.717, 1.165) is 13.1 Å². The van der Waals surface area contributed by atoms with E-state index >= 15 is 0 Å². The summed E-state index contributed by atoms with van der Waals surface area (Å²) in [5, 5.41) is 6.32. The number of nitrogens with one attached hydrogen (secondary N) is 2. The third-order valence-electron chi connectivity index (χ3n) is 2.55. The minimum atomic E-state index is -0.165. The van der Waals surface area contributed by atoms with Crippen LogP contribution < -0.4 is 10.6 Å². The first-order chi connectivity index (χ1) is 6.81. The molecule has 88 valence electrons. The smallest absolute Gasteiger partial charge is 0.318 e. The Balaban J connectivity index is 2.64. The SMILES string of the molecule is CC1CNCC(C)N1C(=O)NC(C)(C)C. The highest BCUT2D eigenvalue weighted by molar-refractivity contribution is 5.75. The quantitative estimate of drug-likeness (QED) is 0.634. The summed E-state index contributed by atoms with van der Waals surface area (Å²) in [6.07, 6.45) is 0. The monoisotopic (exact) mass is 213 g/mol. The van der Waals surface area contributed by atoms with E-state index < -0.39 is 0 Å². The van der Waals surface area contributed by atoms with E-state index in [9.17, 15) is 4.79 Å². The first kappa shape index (κ1) is 12.3.